The number of alkyl halides is 3. The monoisotopic (exact) mass is 572 g/mol. The van der Waals surface area contributed by atoms with E-state index in [9.17, 15) is 51.2 Å². The summed E-state index contributed by atoms with van der Waals surface area (Å²) >= 11 is 4.54. The van der Waals surface area contributed by atoms with E-state index in [1.165, 1.54) is 0 Å². The second-order valence-corrected chi connectivity index (χ2v) is 10.7. The Labute approximate surface area is 182 Å². The third-order valence-corrected chi connectivity index (χ3v) is 7.75. The number of phosphoric acid groups is 3. The highest BCUT2D eigenvalue weighted by Crippen LogP contribution is 2.67. The molecule has 0 radical (unpaired) electrons. The molecule has 1 aliphatic rings. The van der Waals surface area contributed by atoms with Crippen LogP contribution in [0.1, 0.15) is 6.23 Å². The Kier molecular flexibility index (Phi) is 7.70. The Balaban J connectivity index is 2.45. The molecule has 1 saturated heterocycles. The van der Waals surface area contributed by atoms with Crippen LogP contribution in [0.25, 0.3) is 0 Å². The summed E-state index contributed by atoms with van der Waals surface area (Å²) in [6.07, 6.45) is -15.2. The number of hydrogen-bond donors (Lipinski definition) is 7. The second kappa shape index (κ2) is 8.96. The molecule has 3 unspecified atom stereocenters. The van der Waals surface area contributed by atoms with Gasteiger partial charge in [0, 0.05) is 0 Å². The number of aliphatic hydroxyl groups is 2. The fraction of sp³-hybridized carbons (Fsp3) is 0.556. The molecule has 1 aliphatic heterocycles. The third kappa shape index (κ3) is 6.22. The molecule has 0 aliphatic carbocycles. The standard InChI is InChI=1S/C9H11F4N2O14P3S/c10-2-1-15(7(33)14-4(2)17)6-8(18,9(11,12)13)3(16)5(26-6)27-31(22,23)29-32(24,25)28-30(19,20)21/h1,3,5-6,16,18H,(H,22,23)(H,24,25)(H,14,17,33)(H2,19,20,21)/t3-,5+,6+,8?/m0/s1. The van der Waals surface area contributed by atoms with Gasteiger partial charge in [-0.15, -0.1) is 0 Å². The zero-order valence-electron chi connectivity index (χ0n) is 15.0. The van der Waals surface area contributed by atoms with Crippen molar-refractivity contribution in [1.29, 1.82) is 0 Å². The maximum Gasteiger partial charge on any atom is 0.490 e. The SMILES string of the molecule is O=c1[nH]c(=S)n([C@@H]2O[C@H](OP(=O)(O)OP(=O)(O)OP(=O)(O)O)[C@H](O)C2(O)C(F)(F)F)cc1F. The van der Waals surface area contributed by atoms with Gasteiger partial charge in [0.15, 0.2) is 11.0 Å². The molecule has 33 heavy (non-hydrogen) atoms. The van der Waals surface area contributed by atoms with E-state index in [0.29, 0.717) is 0 Å². The van der Waals surface area contributed by atoms with Crippen molar-refractivity contribution in [2.45, 2.75) is 30.4 Å². The fourth-order valence-corrected chi connectivity index (χ4v) is 5.72. The number of H-pyrrole nitrogens is 1. The molecule has 2 rings (SSSR count). The lowest BCUT2D eigenvalue weighted by atomic mass is 9.96. The number of aromatic nitrogens is 2. The van der Waals surface area contributed by atoms with Crippen molar-refractivity contribution in [3.63, 3.8) is 0 Å². The first-order chi connectivity index (χ1) is 14.6. The molecule has 16 nitrogen and oxygen atoms in total. The van der Waals surface area contributed by atoms with E-state index in [2.05, 4.69) is 30.1 Å². The summed E-state index contributed by atoms with van der Waals surface area (Å²) in [6.45, 7) is 0. The predicted molar refractivity (Wildman–Crippen MR) is 91.7 cm³/mol. The first kappa shape index (κ1) is 28.3. The molecule has 190 valence electrons. The molecule has 6 atom stereocenters. The normalized spacial score (nSPS) is 30.1. The highest BCUT2D eigenvalue weighted by atomic mass is 32.1. The quantitative estimate of drug-likeness (QED) is 0.128. The summed E-state index contributed by atoms with van der Waals surface area (Å²) in [5.74, 6) is -1.73. The Morgan fingerprint density at radius 2 is 1.70 bits per heavy atom. The molecule has 7 N–H and O–H groups in total. The summed E-state index contributed by atoms with van der Waals surface area (Å²) in [4.78, 5) is 48.2. The van der Waals surface area contributed by atoms with Crippen molar-refractivity contribution < 1.29 is 78.9 Å². The number of aliphatic hydroxyl groups excluding tert-OH is 1. The molecule has 0 bridgehead atoms. The van der Waals surface area contributed by atoms with Crippen LogP contribution in [-0.2, 0) is 31.6 Å². The molecular weight excluding hydrogens is 561 g/mol. The van der Waals surface area contributed by atoms with Crippen LogP contribution < -0.4 is 5.56 Å². The lowest BCUT2D eigenvalue weighted by Crippen LogP contribution is -2.57. The van der Waals surface area contributed by atoms with Gasteiger partial charge < -0.3 is 34.5 Å². The summed E-state index contributed by atoms with van der Waals surface area (Å²) in [7, 11) is -18.1. The van der Waals surface area contributed by atoms with Crippen LogP contribution in [0.5, 0.6) is 0 Å². The van der Waals surface area contributed by atoms with Crippen molar-refractivity contribution in [1.82, 2.24) is 9.55 Å². The number of ether oxygens (including phenoxy) is 1. The Morgan fingerprint density at radius 3 is 2.18 bits per heavy atom. The van der Waals surface area contributed by atoms with Crippen LogP contribution in [0, 0.1) is 10.6 Å². The van der Waals surface area contributed by atoms with E-state index in [-0.39, 0.29) is 10.8 Å². The molecule has 0 amide bonds. The molecule has 0 aromatic carbocycles. The fourth-order valence-electron chi connectivity index (χ4n) is 2.39. The number of rotatable bonds is 7. The Bertz CT molecular complexity index is 1180. The highest BCUT2D eigenvalue weighted by molar-refractivity contribution is 7.71. The van der Waals surface area contributed by atoms with Crippen molar-refractivity contribution >= 4 is 35.7 Å². The molecule has 0 spiro atoms. The van der Waals surface area contributed by atoms with E-state index < -0.39 is 70.0 Å². The van der Waals surface area contributed by atoms with E-state index in [1.54, 1.807) is 4.98 Å². The Hall–Kier alpha value is -0.890. The van der Waals surface area contributed by atoms with Gasteiger partial charge in [0.2, 0.25) is 17.7 Å². The van der Waals surface area contributed by atoms with Crippen LogP contribution in [0.4, 0.5) is 17.6 Å². The van der Waals surface area contributed by atoms with Crippen molar-refractivity contribution in [2.75, 3.05) is 0 Å². The van der Waals surface area contributed by atoms with Crippen molar-refractivity contribution in [2.24, 2.45) is 0 Å². The minimum absolute atomic E-state index is 0.0302. The topological polar surface area (TPSA) is 247 Å². The van der Waals surface area contributed by atoms with Gasteiger partial charge in [-0.3, -0.25) is 18.9 Å². The molecule has 1 aromatic rings. The molecule has 1 fully saturated rings. The maximum atomic E-state index is 13.6. The van der Waals surface area contributed by atoms with Gasteiger partial charge in [-0.25, -0.2) is 13.7 Å². The van der Waals surface area contributed by atoms with Crippen molar-refractivity contribution in [3.05, 3.63) is 27.1 Å². The number of aromatic amines is 1. The van der Waals surface area contributed by atoms with E-state index in [4.69, 9.17) is 14.7 Å². The zero-order valence-corrected chi connectivity index (χ0v) is 18.5. The summed E-state index contributed by atoms with van der Waals surface area (Å²) in [5, 5.41) is 20.1. The average Bonchev–Trinajstić information content (AvgIpc) is 2.80. The molecule has 2 heterocycles. The van der Waals surface area contributed by atoms with Gasteiger partial charge in [0.25, 0.3) is 5.56 Å². The van der Waals surface area contributed by atoms with Crippen LogP contribution in [-0.4, -0.2) is 63.5 Å². The molecule has 1 aromatic heterocycles. The average molecular weight is 572 g/mol. The van der Waals surface area contributed by atoms with E-state index in [1.807, 2.05) is 0 Å². The smallest absolute Gasteiger partial charge is 0.384 e. The van der Waals surface area contributed by atoms with Crippen LogP contribution in [0.3, 0.4) is 0 Å². The first-order valence-corrected chi connectivity index (χ1v) is 12.5. The van der Waals surface area contributed by atoms with Gasteiger partial charge in [0.05, 0.1) is 6.20 Å². The summed E-state index contributed by atoms with van der Waals surface area (Å²) in [5.41, 5.74) is -5.96. The molecule has 0 saturated carbocycles. The number of halogens is 4. The van der Waals surface area contributed by atoms with Gasteiger partial charge in [-0.05, 0) is 12.2 Å². The molecular formula is C9H11F4N2O14P3S. The number of hydrogen-bond acceptors (Lipinski definition) is 11. The van der Waals surface area contributed by atoms with Crippen molar-refractivity contribution in [3.8, 4) is 0 Å². The number of nitrogens with one attached hydrogen (secondary N) is 1. The molecule has 24 heteroatoms. The summed E-state index contributed by atoms with van der Waals surface area (Å²) < 4.78 is 102. The van der Waals surface area contributed by atoms with Gasteiger partial charge in [0.1, 0.15) is 6.10 Å². The van der Waals surface area contributed by atoms with Gasteiger partial charge in [-0.1, -0.05) is 0 Å². The zero-order chi connectivity index (χ0) is 25.8. The minimum atomic E-state index is -6.15. The summed E-state index contributed by atoms with van der Waals surface area (Å²) in [6, 6.07) is 0. The largest absolute Gasteiger partial charge is 0.490 e. The van der Waals surface area contributed by atoms with E-state index >= 15 is 0 Å². The predicted octanol–water partition coefficient (Wildman–Crippen LogP) is -0.103. The third-order valence-electron chi connectivity index (χ3n) is 3.63. The lowest BCUT2D eigenvalue weighted by molar-refractivity contribution is -0.304. The first-order valence-electron chi connectivity index (χ1n) is 7.55. The minimum Gasteiger partial charge on any atom is -0.384 e. The number of nitrogens with zero attached hydrogens (tertiary/aromatic N) is 1. The lowest BCUT2D eigenvalue weighted by Gasteiger charge is -2.33. The van der Waals surface area contributed by atoms with Gasteiger partial charge in [-0.2, -0.15) is 26.2 Å². The van der Waals surface area contributed by atoms with Crippen LogP contribution in [0.2, 0.25) is 0 Å². The maximum absolute atomic E-state index is 13.6. The van der Waals surface area contributed by atoms with Crippen LogP contribution >= 0.6 is 35.7 Å². The van der Waals surface area contributed by atoms with Crippen LogP contribution in [0.15, 0.2) is 11.0 Å². The van der Waals surface area contributed by atoms with E-state index in [0.717, 1.165) is 0 Å². The second-order valence-electron chi connectivity index (χ2n) is 5.96. The highest BCUT2D eigenvalue weighted by Gasteiger charge is 2.72. The Morgan fingerprint density at radius 1 is 1.15 bits per heavy atom. The van der Waals surface area contributed by atoms with Gasteiger partial charge >= 0.3 is 29.6 Å². The number of phosphoric ester groups is 1.